The van der Waals surface area contributed by atoms with Crippen LogP contribution < -0.4 is 5.56 Å². The van der Waals surface area contributed by atoms with Crippen LogP contribution >= 0.6 is 11.6 Å². The molecular weight excluding hydrogens is 470 g/mol. The molecule has 0 aliphatic carbocycles. The average Bonchev–Trinajstić information content (AvgIpc) is 3.17. The molecule has 0 radical (unpaired) electrons. The van der Waals surface area contributed by atoms with Crippen LogP contribution in [0.25, 0.3) is 16.8 Å². The van der Waals surface area contributed by atoms with Crippen LogP contribution in [0.15, 0.2) is 89.7 Å². The third-order valence-corrected chi connectivity index (χ3v) is 7.01. The second kappa shape index (κ2) is 10.9. The Morgan fingerprint density at radius 2 is 1.64 bits per heavy atom. The van der Waals surface area contributed by atoms with Gasteiger partial charge in [-0.25, -0.2) is 4.68 Å². The summed E-state index contributed by atoms with van der Waals surface area (Å²) in [5, 5.41) is 7.14. The standard InChI is InChI=1S/C30H28ClN3O2/c31-24-15-12-23(13-16-24)21-28-26-10-4-5-11-27(26)30(36)34(32-28)25-9-6-19-33(20-18-25)29(35)17-14-22-7-2-1-3-8-22/h1-5,7-8,10-17,25H,6,9,18-21H2/b17-14+. The molecule has 1 fully saturated rings. The Morgan fingerprint density at radius 1 is 0.917 bits per heavy atom. The molecule has 3 aromatic carbocycles. The van der Waals surface area contributed by atoms with Crippen LogP contribution in [-0.2, 0) is 11.2 Å². The molecule has 1 amide bonds. The Balaban J connectivity index is 1.38. The number of likely N-dealkylation sites (tertiary alicyclic amines) is 1. The summed E-state index contributed by atoms with van der Waals surface area (Å²) in [5.74, 6) is 0.00162. The Labute approximate surface area is 215 Å². The predicted molar refractivity (Wildman–Crippen MR) is 145 cm³/mol. The Morgan fingerprint density at radius 3 is 2.42 bits per heavy atom. The van der Waals surface area contributed by atoms with E-state index in [-0.39, 0.29) is 17.5 Å². The van der Waals surface area contributed by atoms with E-state index >= 15 is 0 Å². The summed E-state index contributed by atoms with van der Waals surface area (Å²) in [6.45, 7) is 1.27. The van der Waals surface area contributed by atoms with E-state index in [1.807, 2.05) is 89.8 Å². The molecule has 4 aromatic rings. The molecule has 0 bridgehead atoms. The fourth-order valence-corrected chi connectivity index (χ4v) is 4.95. The quantitative estimate of drug-likeness (QED) is 0.322. The number of nitrogens with zero attached hydrogens (tertiary/aromatic N) is 3. The van der Waals surface area contributed by atoms with Crippen molar-refractivity contribution in [2.24, 2.45) is 0 Å². The minimum Gasteiger partial charge on any atom is -0.339 e. The van der Waals surface area contributed by atoms with Crippen molar-refractivity contribution in [3.05, 3.63) is 117 Å². The monoisotopic (exact) mass is 497 g/mol. The molecule has 1 aromatic heterocycles. The zero-order valence-corrected chi connectivity index (χ0v) is 20.8. The lowest BCUT2D eigenvalue weighted by atomic mass is 10.0. The van der Waals surface area contributed by atoms with Gasteiger partial charge in [-0.1, -0.05) is 72.3 Å². The lowest BCUT2D eigenvalue weighted by molar-refractivity contribution is -0.125. The zero-order chi connectivity index (χ0) is 24.9. The molecule has 182 valence electrons. The summed E-state index contributed by atoms with van der Waals surface area (Å²) in [6.07, 6.45) is 6.42. The molecule has 1 atom stereocenters. The number of hydrogen-bond donors (Lipinski definition) is 0. The van der Waals surface area contributed by atoms with Gasteiger partial charge in [-0.15, -0.1) is 0 Å². The van der Waals surface area contributed by atoms with E-state index < -0.39 is 0 Å². The van der Waals surface area contributed by atoms with Gasteiger partial charge in [-0.2, -0.15) is 5.10 Å². The maximum absolute atomic E-state index is 13.5. The van der Waals surface area contributed by atoms with Crippen molar-refractivity contribution >= 4 is 34.4 Å². The largest absolute Gasteiger partial charge is 0.339 e. The van der Waals surface area contributed by atoms with Crippen LogP contribution in [0.4, 0.5) is 0 Å². The van der Waals surface area contributed by atoms with Gasteiger partial charge < -0.3 is 4.90 Å². The lowest BCUT2D eigenvalue weighted by Gasteiger charge is -2.20. The smallest absolute Gasteiger partial charge is 0.274 e. The lowest BCUT2D eigenvalue weighted by Crippen LogP contribution is -2.32. The molecular formula is C30H28ClN3O2. The highest BCUT2D eigenvalue weighted by Gasteiger charge is 2.23. The highest BCUT2D eigenvalue weighted by atomic mass is 35.5. The number of fused-ring (bicyclic) bond motifs is 1. The SMILES string of the molecule is O=C(/C=C/c1ccccc1)N1CCCC(n2nc(Cc3ccc(Cl)cc3)c3ccccc3c2=O)CC1. The number of halogens is 1. The third kappa shape index (κ3) is 5.42. The molecule has 0 saturated carbocycles. The first-order valence-electron chi connectivity index (χ1n) is 12.4. The third-order valence-electron chi connectivity index (χ3n) is 6.76. The summed E-state index contributed by atoms with van der Waals surface area (Å²) in [7, 11) is 0. The fraction of sp³-hybridized carbons (Fsp3) is 0.233. The first kappa shape index (κ1) is 24.0. The van der Waals surface area contributed by atoms with Gasteiger partial charge in [0.2, 0.25) is 5.91 Å². The van der Waals surface area contributed by atoms with Crippen molar-refractivity contribution in [2.45, 2.75) is 31.7 Å². The van der Waals surface area contributed by atoms with Crippen LogP contribution in [0.1, 0.15) is 42.1 Å². The molecule has 36 heavy (non-hydrogen) atoms. The van der Waals surface area contributed by atoms with Gasteiger partial charge in [-0.3, -0.25) is 9.59 Å². The Bertz CT molecular complexity index is 1450. The highest BCUT2D eigenvalue weighted by molar-refractivity contribution is 6.30. The van der Waals surface area contributed by atoms with Gasteiger partial charge in [0.05, 0.1) is 17.1 Å². The molecule has 6 heteroatoms. The minimum absolute atomic E-state index is 0.00162. The number of aromatic nitrogens is 2. The molecule has 1 aliphatic heterocycles. The van der Waals surface area contributed by atoms with Gasteiger partial charge >= 0.3 is 0 Å². The van der Waals surface area contributed by atoms with E-state index in [1.54, 1.807) is 10.8 Å². The van der Waals surface area contributed by atoms with Crippen molar-refractivity contribution in [2.75, 3.05) is 13.1 Å². The normalized spacial score (nSPS) is 16.4. The maximum Gasteiger partial charge on any atom is 0.274 e. The minimum atomic E-state index is -0.0702. The van der Waals surface area contributed by atoms with Crippen molar-refractivity contribution in [1.82, 2.24) is 14.7 Å². The predicted octanol–water partition coefficient (Wildman–Crippen LogP) is 5.91. The van der Waals surface area contributed by atoms with E-state index in [0.29, 0.717) is 36.3 Å². The summed E-state index contributed by atoms with van der Waals surface area (Å²) in [6, 6.07) is 25.2. The van der Waals surface area contributed by atoms with Crippen molar-refractivity contribution in [3.8, 4) is 0 Å². The highest BCUT2D eigenvalue weighted by Crippen LogP contribution is 2.24. The van der Waals surface area contributed by atoms with Crippen molar-refractivity contribution in [1.29, 1.82) is 0 Å². The molecule has 1 aliphatic rings. The maximum atomic E-state index is 13.5. The van der Waals surface area contributed by atoms with Crippen LogP contribution in [0.2, 0.25) is 5.02 Å². The van der Waals surface area contributed by atoms with Crippen LogP contribution in [0, 0.1) is 0 Å². The Kier molecular flexibility index (Phi) is 7.28. The number of carbonyl (C=O) groups excluding carboxylic acids is 1. The number of hydrogen-bond acceptors (Lipinski definition) is 3. The molecule has 1 unspecified atom stereocenters. The molecule has 0 N–H and O–H groups in total. The Hall–Kier alpha value is -3.70. The summed E-state index contributed by atoms with van der Waals surface area (Å²) in [4.78, 5) is 28.2. The molecule has 0 spiro atoms. The van der Waals surface area contributed by atoms with E-state index in [9.17, 15) is 9.59 Å². The number of benzene rings is 3. The number of amides is 1. The second-order valence-electron chi connectivity index (χ2n) is 9.20. The van der Waals surface area contributed by atoms with Gasteiger partial charge in [0, 0.05) is 36.0 Å². The first-order valence-corrected chi connectivity index (χ1v) is 12.7. The van der Waals surface area contributed by atoms with Crippen LogP contribution in [0.5, 0.6) is 0 Å². The summed E-state index contributed by atoms with van der Waals surface area (Å²) < 4.78 is 1.67. The first-order chi connectivity index (χ1) is 17.6. The molecule has 5 nitrogen and oxygen atoms in total. The van der Waals surface area contributed by atoms with Gasteiger partial charge in [0.25, 0.3) is 5.56 Å². The topological polar surface area (TPSA) is 55.2 Å². The van der Waals surface area contributed by atoms with Gasteiger partial charge in [-0.05, 0) is 54.7 Å². The van der Waals surface area contributed by atoms with Gasteiger partial charge in [0.1, 0.15) is 0 Å². The van der Waals surface area contributed by atoms with Crippen LogP contribution in [-0.4, -0.2) is 33.7 Å². The van der Waals surface area contributed by atoms with Crippen molar-refractivity contribution in [3.63, 3.8) is 0 Å². The summed E-state index contributed by atoms with van der Waals surface area (Å²) in [5.41, 5.74) is 2.89. The molecule has 1 saturated heterocycles. The number of carbonyl (C=O) groups is 1. The van der Waals surface area contributed by atoms with Crippen molar-refractivity contribution < 1.29 is 4.79 Å². The van der Waals surface area contributed by atoms with Crippen LogP contribution in [0.3, 0.4) is 0 Å². The van der Waals surface area contributed by atoms with Gasteiger partial charge in [0.15, 0.2) is 0 Å². The summed E-state index contributed by atoms with van der Waals surface area (Å²) >= 11 is 6.06. The average molecular weight is 498 g/mol. The fourth-order valence-electron chi connectivity index (χ4n) is 4.83. The molecule has 5 rings (SSSR count). The van der Waals surface area contributed by atoms with E-state index in [1.165, 1.54) is 0 Å². The van der Waals surface area contributed by atoms with E-state index in [0.717, 1.165) is 35.0 Å². The van der Waals surface area contributed by atoms with E-state index in [2.05, 4.69) is 0 Å². The zero-order valence-electron chi connectivity index (χ0n) is 20.0. The second-order valence-corrected chi connectivity index (χ2v) is 9.64. The molecule has 2 heterocycles. The van der Waals surface area contributed by atoms with E-state index in [4.69, 9.17) is 16.7 Å². The number of rotatable bonds is 5.